The minimum atomic E-state index is 0.841. The lowest BCUT2D eigenvalue weighted by Crippen LogP contribution is -2.26. The van der Waals surface area contributed by atoms with Gasteiger partial charge in [-0.25, -0.2) is 4.98 Å². The molecule has 1 aromatic heterocycles. The van der Waals surface area contributed by atoms with Crippen molar-refractivity contribution in [1.29, 1.82) is 0 Å². The second-order valence-electron chi connectivity index (χ2n) is 5.98. The quantitative estimate of drug-likeness (QED) is 0.794. The maximum atomic E-state index is 4.84. The van der Waals surface area contributed by atoms with Gasteiger partial charge in [-0.2, -0.15) is 0 Å². The summed E-state index contributed by atoms with van der Waals surface area (Å²) in [5, 5.41) is 1.22. The molecule has 2 aliphatic rings. The molecule has 2 fully saturated rings. The number of anilines is 1. The molecule has 0 N–H and O–H groups in total. The van der Waals surface area contributed by atoms with Crippen LogP contribution < -0.4 is 4.90 Å². The van der Waals surface area contributed by atoms with Gasteiger partial charge >= 0.3 is 0 Å². The van der Waals surface area contributed by atoms with E-state index in [1.165, 1.54) is 40.9 Å². The Labute approximate surface area is 128 Å². The number of thiazole rings is 1. The molecular weight excluding hydrogens is 286 g/mol. The summed E-state index contributed by atoms with van der Waals surface area (Å²) in [6, 6.07) is 6.60. The topological polar surface area (TPSA) is 19.4 Å². The molecule has 0 radical (unpaired) electrons. The van der Waals surface area contributed by atoms with Gasteiger partial charge < -0.3 is 9.80 Å². The van der Waals surface area contributed by atoms with E-state index >= 15 is 0 Å². The highest BCUT2D eigenvalue weighted by Gasteiger charge is 2.39. The predicted molar refractivity (Wildman–Crippen MR) is 88.1 cm³/mol. The first-order valence-electron chi connectivity index (χ1n) is 7.11. The van der Waals surface area contributed by atoms with Crippen molar-refractivity contribution in [3.05, 3.63) is 18.2 Å². The summed E-state index contributed by atoms with van der Waals surface area (Å²) in [6.07, 6.45) is 2.13. The number of rotatable bonds is 2. The number of hydrogen-bond acceptors (Lipinski definition) is 5. The van der Waals surface area contributed by atoms with E-state index in [0.717, 1.165) is 17.4 Å². The molecule has 0 aliphatic carbocycles. The van der Waals surface area contributed by atoms with Crippen LogP contribution in [0.5, 0.6) is 0 Å². The molecule has 2 saturated heterocycles. The molecule has 0 spiro atoms. The summed E-state index contributed by atoms with van der Waals surface area (Å²) in [5.74, 6) is 1.68. The van der Waals surface area contributed by atoms with Crippen molar-refractivity contribution >= 4 is 38.4 Å². The van der Waals surface area contributed by atoms with Crippen LogP contribution in [0.25, 0.3) is 10.2 Å². The summed E-state index contributed by atoms with van der Waals surface area (Å²) in [6.45, 7) is 4.87. The lowest BCUT2D eigenvalue weighted by atomic mass is 10.0. The Hall–Kier alpha value is -0.780. The number of thioether (sulfide) groups is 1. The fourth-order valence-corrected chi connectivity index (χ4v) is 5.08. The van der Waals surface area contributed by atoms with Gasteiger partial charge in [0, 0.05) is 31.1 Å². The number of benzene rings is 1. The molecular formula is C15H19N3S2. The molecule has 20 heavy (non-hydrogen) atoms. The minimum absolute atomic E-state index is 0.841. The molecule has 3 nitrogen and oxygen atoms in total. The van der Waals surface area contributed by atoms with Crippen molar-refractivity contribution in [2.75, 3.05) is 44.4 Å². The van der Waals surface area contributed by atoms with Gasteiger partial charge in [0.25, 0.3) is 0 Å². The molecule has 106 valence electrons. The van der Waals surface area contributed by atoms with Crippen LogP contribution in [0, 0.1) is 11.8 Å². The molecule has 5 heteroatoms. The Morgan fingerprint density at radius 1 is 1.20 bits per heavy atom. The average molecular weight is 305 g/mol. The SMILES string of the molecule is CSc1ccc2nc(N3CC4CN(C)CC4C3)sc2c1. The largest absolute Gasteiger partial charge is 0.347 e. The van der Waals surface area contributed by atoms with Gasteiger partial charge in [-0.15, -0.1) is 11.8 Å². The van der Waals surface area contributed by atoms with Crippen LogP contribution in [-0.2, 0) is 0 Å². The Bertz CT molecular complexity index is 625. The van der Waals surface area contributed by atoms with E-state index in [1.807, 2.05) is 11.3 Å². The first-order chi connectivity index (χ1) is 9.72. The molecule has 0 amide bonds. The van der Waals surface area contributed by atoms with Gasteiger partial charge in [-0.05, 0) is 43.3 Å². The van der Waals surface area contributed by atoms with Crippen molar-refractivity contribution in [1.82, 2.24) is 9.88 Å². The maximum absolute atomic E-state index is 4.84. The van der Waals surface area contributed by atoms with Crippen molar-refractivity contribution in [2.45, 2.75) is 4.90 Å². The van der Waals surface area contributed by atoms with Crippen LogP contribution in [0.4, 0.5) is 5.13 Å². The summed E-state index contributed by atoms with van der Waals surface area (Å²) >= 11 is 3.65. The van der Waals surface area contributed by atoms with Gasteiger partial charge in [0.15, 0.2) is 5.13 Å². The van der Waals surface area contributed by atoms with Crippen molar-refractivity contribution < 1.29 is 0 Å². The zero-order chi connectivity index (χ0) is 13.7. The number of likely N-dealkylation sites (tertiary alicyclic amines) is 1. The van der Waals surface area contributed by atoms with Crippen LogP contribution in [-0.4, -0.2) is 49.4 Å². The molecule has 2 aromatic rings. The fraction of sp³-hybridized carbons (Fsp3) is 0.533. The van der Waals surface area contributed by atoms with Gasteiger partial charge in [-0.3, -0.25) is 0 Å². The molecule has 2 aliphatic heterocycles. The van der Waals surface area contributed by atoms with Crippen molar-refractivity contribution in [3.8, 4) is 0 Å². The first kappa shape index (κ1) is 12.9. The van der Waals surface area contributed by atoms with E-state index in [-0.39, 0.29) is 0 Å². The van der Waals surface area contributed by atoms with Crippen molar-refractivity contribution in [2.24, 2.45) is 11.8 Å². The fourth-order valence-electron chi connectivity index (χ4n) is 3.54. The second-order valence-corrected chi connectivity index (χ2v) is 7.87. The number of fused-ring (bicyclic) bond motifs is 2. The number of aromatic nitrogens is 1. The third kappa shape index (κ3) is 2.12. The van der Waals surface area contributed by atoms with Crippen LogP contribution in [0.3, 0.4) is 0 Å². The molecule has 3 heterocycles. The highest BCUT2D eigenvalue weighted by Crippen LogP contribution is 2.37. The van der Waals surface area contributed by atoms with Gasteiger partial charge in [0.1, 0.15) is 0 Å². The van der Waals surface area contributed by atoms with Crippen LogP contribution >= 0.6 is 23.1 Å². The second kappa shape index (κ2) is 4.90. The molecule has 2 unspecified atom stereocenters. The summed E-state index contributed by atoms with van der Waals surface area (Å²) in [5.41, 5.74) is 1.15. The average Bonchev–Trinajstić information content (AvgIpc) is 3.08. The summed E-state index contributed by atoms with van der Waals surface area (Å²) in [7, 11) is 2.24. The Kier molecular flexibility index (Phi) is 3.16. The van der Waals surface area contributed by atoms with Crippen LogP contribution in [0.15, 0.2) is 23.1 Å². The third-order valence-corrected chi connectivity index (χ3v) is 6.33. The standard InChI is InChI=1S/C15H19N3S2/c1-17-6-10-8-18(9-11(10)7-17)15-16-13-4-3-12(19-2)5-14(13)20-15/h3-5,10-11H,6-9H2,1-2H3. The van der Waals surface area contributed by atoms with Crippen molar-refractivity contribution in [3.63, 3.8) is 0 Å². The number of nitrogens with zero attached hydrogens (tertiary/aromatic N) is 3. The summed E-state index contributed by atoms with van der Waals surface area (Å²) in [4.78, 5) is 11.1. The number of hydrogen-bond donors (Lipinski definition) is 0. The lowest BCUT2D eigenvalue weighted by molar-refractivity contribution is 0.387. The van der Waals surface area contributed by atoms with E-state index in [9.17, 15) is 0 Å². The smallest absolute Gasteiger partial charge is 0.186 e. The molecule has 2 atom stereocenters. The monoisotopic (exact) mass is 305 g/mol. The normalized spacial score (nSPS) is 26.6. The Morgan fingerprint density at radius 2 is 1.95 bits per heavy atom. The highest BCUT2D eigenvalue weighted by atomic mass is 32.2. The van der Waals surface area contributed by atoms with Crippen LogP contribution in [0.1, 0.15) is 0 Å². The highest BCUT2D eigenvalue weighted by molar-refractivity contribution is 7.98. The third-order valence-electron chi connectivity index (χ3n) is 4.52. The lowest BCUT2D eigenvalue weighted by Gasteiger charge is -2.17. The van der Waals surface area contributed by atoms with E-state index in [0.29, 0.717) is 0 Å². The Morgan fingerprint density at radius 3 is 2.65 bits per heavy atom. The first-order valence-corrected chi connectivity index (χ1v) is 9.15. The predicted octanol–water partition coefficient (Wildman–Crippen LogP) is 3.02. The minimum Gasteiger partial charge on any atom is -0.347 e. The van der Waals surface area contributed by atoms with E-state index in [4.69, 9.17) is 4.98 Å². The van der Waals surface area contributed by atoms with Gasteiger partial charge in [0.2, 0.25) is 0 Å². The molecule has 0 saturated carbocycles. The Balaban J connectivity index is 1.60. The van der Waals surface area contributed by atoms with E-state index in [1.54, 1.807) is 11.8 Å². The zero-order valence-corrected chi connectivity index (χ0v) is 13.5. The molecule has 1 aromatic carbocycles. The maximum Gasteiger partial charge on any atom is 0.186 e. The van der Waals surface area contributed by atoms with Gasteiger partial charge in [-0.1, -0.05) is 11.3 Å². The summed E-state index contributed by atoms with van der Waals surface area (Å²) < 4.78 is 1.32. The molecule has 0 bridgehead atoms. The zero-order valence-electron chi connectivity index (χ0n) is 11.9. The van der Waals surface area contributed by atoms with Crippen LogP contribution in [0.2, 0.25) is 0 Å². The molecule has 4 rings (SSSR count). The van der Waals surface area contributed by atoms with Gasteiger partial charge in [0.05, 0.1) is 10.2 Å². The van der Waals surface area contributed by atoms with E-state index in [2.05, 4.69) is 41.3 Å². The van der Waals surface area contributed by atoms with E-state index < -0.39 is 0 Å².